The van der Waals surface area contributed by atoms with Crippen molar-refractivity contribution in [3.63, 3.8) is 0 Å². The van der Waals surface area contributed by atoms with Gasteiger partial charge in [-0.05, 0) is 18.6 Å². The quantitative estimate of drug-likeness (QED) is 0.778. The molecule has 0 fully saturated rings. The Labute approximate surface area is 124 Å². The van der Waals surface area contributed by atoms with Crippen molar-refractivity contribution in [1.82, 2.24) is 0 Å². The van der Waals surface area contributed by atoms with Crippen LogP contribution in [0.15, 0.2) is 30.3 Å². The van der Waals surface area contributed by atoms with E-state index >= 15 is 0 Å². The minimum Gasteiger partial charge on any atom is -0.374 e. The maximum atomic E-state index is 13.6. The molecule has 0 amide bonds. The van der Waals surface area contributed by atoms with E-state index < -0.39 is 29.2 Å². The molecule has 0 aliphatic rings. The Kier molecular flexibility index (Phi) is 4.45. The van der Waals surface area contributed by atoms with E-state index in [0.717, 1.165) is 0 Å². The number of hydrogen-bond donors (Lipinski definition) is 1. The van der Waals surface area contributed by atoms with Crippen LogP contribution in [0.4, 0.5) is 18.9 Å². The maximum Gasteiger partial charge on any atom is 0.152 e. The van der Waals surface area contributed by atoms with Crippen molar-refractivity contribution in [1.29, 1.82) is 0 Å². The van der Waals surface area contributed by atoms with E-state index in [9.17, 15) is 13.2 Å². The highest BCUT2D eigenvalue weighted by atomic mass is 35.5. The normalized spacial score (nSPS) is 12.3. The van der Waals surface area contributed by atoms with E-state index in [1.54, 1.807) is 25.1 Å². The van der Waals surface area contributed by atoms with Crippen molar-refractivity contribution in [3.8, 4) is 0 Å². The summed E-state index contributed by atoms with van der Waals surface area (Å²) in [5.41, 5.74) is 0.178. The van der Waals surface area contributed by atoms with Crippen molar-refractivity contribution in [2.24, 2.45) is 0 Å². The molecule has 1 N–H and O–H groups in total. The Morgan fingerprint density at radius 3 is 2.25 bits per heavy atom. The Balaban J connectivity index is 2.33. The van der Waals surface area contributed by atoms with E-state index in [0.29, 0.717) is 27.7 Å². The molecular weight excluding hydrogens is 310 g/mol. The summed E-state index contributed by atoms with van der Waals surface area (Å²) in [7, 11) is 0. The van der Waals surface area contributed by atoms with Gasteiger partial charge in [-0.15, -0.1) is 0 Å². The molecule has 0 aromatic heterocycles. The number of anilines is 1. The van der Waals surface area contributed by atoms with Gasteiger partial charge in [-0.25, -0.2) is 13.2 Å². The minimum atomic E-state index is -1.01. The number of halogens is 5. The third-order valence-electron chi connectivity index (χ3n) is 2.82. The monoisotopic (exact) mass is 319 g/mol. The number of hydrogen-bond acceptors (Lipinski definition) is 1. The minimum absolute atomic E-state index is 0.303. The fourth-order valence-electron chi connectivity index (χ4n) is 1.83. The fourth-order valence-corrected chi connectivity index (χ4v) is 2.30. The highest BCUT2D eigenvalue weighted by molar-refractivity contribution is 6.42. The van der Waals surface area contributed by atoms with Crippen LogP contribution in [0.1, 0.15) is 18.5 Å². The van der Waals surface area contributed by atoms with Crippen LogP contribution in [0.2, 0.25) is 10.0 Å². The standard InChI is InChI=1S/C14H10Cl2F3N/c1-7(9-3-2-4-10(15)13(9)16)20-14-11(18)5-8(17)6-12(14)19/h2-7,20H,1H3. The Morgan fingerprint density at radius 2 is 1.65 bits per heavy atom. The topological polar surface area (TPSA) is 12.0 Å². The second kappa shape index (κ2) is 5.94. The molecule has 0 saturated heterocycles. The van der Waals surface area contributed by atoms with Crippen molar-refractivity contribution in [3.05, 3.63) is 63.4 Å². The SMILES string of the molecule is CC(Nc1c(F)cc(F)cc1F)c1cccc(Cl)c1Cl. The molecule has 0 aliphatic heterocycles. The van der Waals surface area contributed by atoms with Crippen LogP contribution in [0.5, 0.6) is 0 Å². The van der Waals surface area contributed by atoms with Gasteiger partial charge in [-0.1, -0.05) is 35.3 Å². The molecule has 2 aromatic rings. The number of nitrogens with one attached hydrogen (secondary N) is 1. The molecule has 0 bridgehead atoms. The lowest BCUT2D eigenvalue weighted by Gasteiger charge is -2.18. The van der Waals surface area contributed by atoms with Crippen molar-refractivity contribution >= 4 is 28.9 Å². The first-order valence-electron chi connectivity index (χ1n) is 5.75. The second-order valence-electron chi connectivity index (χ2n) is 4.25. The lowest BCUT2D eigenvalue weighted by Crippen LogP contribution is -2.10. The third-order valence-corrected chi connectivity index (χ3v) is 3.65. The van der Waals surface area contributed by atoms with E-state index in [4.69, 9.17) is 23.2 Å². The molecule has 106 valence electrons. The van der Waals surface area contributed by atoms with Gasteiger partial charge in [0.2, 0.25) is 0 Å². The van der Waals surface area contributed by atoms with Gasteiger partial charge in [0.1, 0.15) is 11.5 Å². The first-order chi connectivity index (χ1) is 9.40. The van der Waals surface area contributed by atoms with Gasteiger partial charge in [-0.2, -0.15) is 0 Å². The van der Waals surface area contributed by atoms with E-state index in [1.165, 1.54) is 0 Å². The highest BCUT2D eigenvalue weighted by Gasteiger charge is 2.17. The third kappa shape index (κ3) is 3.02. The van der Waals surface area contributed by atoms with Gasteiger partial charge in [0.25, 0.3) is 0 Å². The van der Waals surface area contributed by atoms with Crippen molar-refractivity contribution in [2.75, 3.05) is 5.32 Å². The summed E-state index contributed by atoms with van der Waals surface area (Å²) < 4.78 is 40.0. The summed E-state index contributed by atoms with van der Waals surface area (Å²) in [6, 6.07) is 5.69. The Morgan fingerprint density at radius 1 is 1.05 bits per heavy atom. The zero-order chi connectivity index (χ0) is 14.9. The van der Waals surface area contributed by atoms with Crippen molar-refractivity contribution < 1.29 is 13.2 Å². The molecule has 0 heterocycles. The van der Waals surface area contributed by atoms with Gasteiger partial charge >= 0.3 is 0 Å². The Bertz CT molecular complexity index is 623. The van der Waals surface area contributed by atoms with Crippen LogP contribution >= 0.6 is 23.2 Å². The van der Waals surface area contributed by atoms with E-state index in [-0.39, 0.29) is 0 Å². The zero-order valence-corrected chi connectivity index (χ0v) is 11.9. The maximum absolute atomic E-state index is 13.6. The van der Waals surface area contributed by atoms with Gasteiger partial charge in [0.15, 0.2) is 11.6 Å². The Hall–Kier alpha value is -1.39. The molecule has 1 unspecified atom stereocenters. The summed E-state index contributed by atoms with van der Waals surface area (Å²) in [6.07, 6.45) is 0. The number of benzene rings is 2. The van der Waals surface area contributed by atoms with Crippen molar-refractivity contribution in [2.45, 2.75) is 13.0 Å². The van der Waals surface area contributed by atoms with Crippen LogP contribution in [-0.4, -0.2) is 0 Å². The van der Waals surface area contributed by atoms with Crippen LogP contribution in [0, 0.1) is 17.5 Å². The van der Waals surface area contributed by atoms with Crippen LogP contribution in [-0.2, 0) is 0 Å². The van der Waals surface area contributed by atoms with E-state index in [1.807, 2.05) is 0 Å². The van der Waals surface area contributed by atoms with E-state index in [2.05, 4.69) is 5.32 Å². The molecule has 1 nitrogen and oxygen atoms in total. The molecule has 0 spiro atoms. The van der Waals surface area contributed by atoms with Gasteiger partial charge in [0, 0.05) is 12.1 Å². The average molecular weight is 320 g/mol. The summed E-state index contributed by atoms with van der Waals surface area (Å²) in [5.74, 6) is -2.99. The average Bonchev–Trinajstić information content (AvgIpc) is 2.36. The zero-order valence-electron chi connectivity index (χ0n) is 10.4. The highest BCUT2D eigenvalue weighted by Crippen LogP contribution is 2.32. The molecule has 0 saturated carbocycles. The summed E-state index contributed by atoms with van der Waals surface area (Å²) in [4.78, 5) is 0. The predicted octanol–water partition coefficient (Wildman–Crippen LogP) is 5.58. The van der Waals surface area contributed by atoms with Gasteiger partial charge in [-0.3, -0.25) is 0 Å². The molecule has 0 radical (unpaired) electrons. The molecular formula is C14H10Cl2F3N. The summed E-state index contributed by atoms with van der Waals surface area (Å²) in [6.45, 7) is 1.67. The fraction of sp³-hybridized carbons (Fsp3) is 0.143. The molecule has 20 heavy (non-hydrogen) atoms. The van der Waals surface area contributed by atoms with Gasteiger partial charge in [0.05, 0.1) is 16.1 Å². The molecule has 0 aliphatic carbocycles. The molecule has 1 atom stereocenters. The van der Waals surface area contributed by atoms with Gasteiger partial charge < -0.3 is 5.32 Å². The lowest BCUT2D eigenvalue weighted by molar-refractivity contribution is 0.545. The molecule has 2 aromatic carbocycles. The van der Waals surface area contributed by atoms with Crippen LogP contribution < -0.4 is 5.32 Å². The molecule has 6 heteroatoms. The summed E-state index contributed by atoms with van der Waals surface area (Å²) in [5, 5.41) is 3.28. The first kappa shape index (κ1) is 15.0. The number of rotatable bonds is 3. The van der Waals surface area contributed by atoms with Crippen LogP contribution in [0.25, 0.3) is 0 Å². The smallest absolute Gasteiger partial charge is 0.152 e. The predicted molar refractivity (Wildman–Crippen MR) is 74.8 cm³/mol. The van der Waals surface area contributed by atoms with Crippen LogP contribution in [0.3, 0.4) is 0 Å². The first-order valence-corrected chi connectivity index (χ1v) is 6.50. The lowest BCUT2D eigenvalue weighted by atomic mass is 10.1. The summed E-state index contributed by atoms with van der Waals surface area (Å²) >= 11 is 11.9. The molecule has 2 rings (SSSR count). The largest absolute Gasteiger partial charge is 0.374 e. The second-order valence-corrected chi connectivity index (χ2v) is 5.04.